The maximum Gasteiger partial charge on any atom is 0.0807 e. The Bertz CT molecular complexity index is 544. The Labute approximate surface area is 114 Å². The minimum atomic E-state index is -0.265. The van der Waals surface area contributed by atoms with Gasteiger partial charge in [0.2, 0.25) is 0 Å². The van der Waals surface area contributed by atoms with Crippen LogP contribution < -0.4 is 0 Å². The topological polar surface area (TPSA) is 25.2 Å². The summed E-state index contributed by atoms with van der Waals surface area (Å²) in [6.45, 7) is 2.23. The fraction of sp³-hybridized carbons (Fsp3) is 0.412. The highest BCUT2D eigenvalue weighted by Gasteiger charge is 2.24. The molecule has 1 aromatic heterocycles. The van der Waals surface area contributed by atoms with Gasteiger partial charge in [-0.1, -0.05) is 37.3 Å². The van der Waals surface area contributed by atoms with Gasteiger partial charge >= 0.3 is 0 Å². The highest BCUT2D eigenvalue weighted by Crippen LogP contribution is 2.34. The smallest absolute Gasteiger partial charge is 0.0807 e. The summed E-state index contributed by atoms with van der Waals surface area (Å²) in [6, 6.07) is 13.1. The molecule has 0 radical (unpaired) electrons. The predicted molar refractivity (Wildman–Crippen MR) is 77.2 cm³/mol. The van der Waals surface area contributed by atoms with E-state index < -0.39 is 0 Å². The molecule has 0 bridgehead atoms. The Balaban J connectivity index is 2.01. The van der Waals surface area contributed by atoms with Gasteiger partial charge in [0.15, 0.2) is 0 Å². The van der Waals surface area contributed by atoms with E-state index in [2.05, 4.69) is 54.1 Å². The van der Waals surface area contributed by atoms with Crippen LogP contribution in [0.25, 0.3) is 0 Å². The molecule has 100 valence electrons. The first kappa shape index (κ1) is 12.5. The minimum absolute atomic E-state index is 0.265. The van der Waals surface area contributed by atoms with Crippen molar-refractivity contribution in [3.8, 4) is 0 Å². The van der Waals surface area contributed by atoms with Gasteiger partial charge in [0, 0.05) is 17.5 Å². The van der Waals surface area contributed by atoms with Gasteiger partial charge in [-0.3, -0.25) is 0 Å². The standard InChI is InChI=1S/C17H21NO/c1-2-15(13-7-4-3-5-8-13)18-12-11-14-16(18)9-6-10-17(14)19/h3-5,7-8,11-12,15,17,19H,2,6,9-10H2,1H3. The zero-order chi connectivity index (χ0) is 13.2. The molecule has 0 fully saturated rings. The normalized spacial score (nSPS) is 20.0. The van der Waals surface area contributed by atoms with Crippen molar-refractivity contribution < 1.29 is 5.11 Å². The molecule has 0 spiro atoms. The average molecular weight is 255 g/mol. The fourth-order valence-electron chi connectivity index (χ4n) is 3.25. The zero-order valence-corrected chi connectivity index (χ0v) is 11.4. The van der Waals surface area contributed by atoms with Crippen LogP contribution in [0.5, 0.6) is 0 Å². The number of fused-ring (bicyclic) bond motifs is 1. The minimum Gasteiger partial charge on any atom is -0.388 e. The number of hydrogen-bond acceptors (Lipinski definition) is 1. The van der Waals surface area contributed by atoms with Crippen molar-refractivity contribution in [1.82, 2.24) is 4.57 Å². The third-order valence-corrected chi connectivity index (χ3v) is 4.22. The lowest BCUT2D eigenvalue weighted by Gasteiger charge is -2.25. The van der Waals surface area contributed by atoms with E-state index in [1.165, 1.54) is 11.3 Å². The SMILES string of the molecule is CCC(c1ccccc1)n1ccc2c1CCCC2O. The van der Waals surface area contributed by atoms with E-state index in [4.69, 9.17) is 0 Å². The molecule has 19 heavy (non-hydrogen) atoms. The van der Waals surface area contributed by atoms with Crippen LogP contribution in [-0.4, -0.2) is 9.67 Å². The van der Waals surface area contributed by atoms with Crippen molar-refractivity contribution in [2.45, 2.75) is 44.8 Å². The lowest BCUT2D eigenvalue weighted by Crippen LogP contribution is -2.16. The molecular weight excluding hydrogens is 234 g/mol. The third-order valence-electron chi connectivity index (χ3n) is 4.22. The Hall–Kier alpha value is -1.54. The van der Waals surface area contributed by atoms with Gasteiger partial charge in [-0.2, -0.15) is 0 Å². The van der Waals surface area contributed by atoms with Crippen LogP contribution in [0.2, 0.25) is 0 Å². The first-order valence-corrected chi connectivity index (χ1v) is 7.24. The molecular formula is C17H21NO. The van der Waals surface area contributed by atoms with E-state index in [9.17, 15) is 5.11 Å². The van der Waals surface area contributed by atoms with Crippen LogP contribution >= 0.6 is 0 Å². The van der Waals surface area contributed by atoms with E-state index in [0.717, 1.165) is 31.2 Å². The molecule has 1 heterocycles. The first-order chi connectivity index (χ1) is 9.31. The number of aromatic nitrogens is 1. The van der Waals surface area contributed by atoms with Gasteiger partial charge in [0.25, 0.3) is 0 Å². The number of benzene rings is 1. The second kappa shape index (κ2) is 5.22. The highest BCUT2D eigenvalue weighted by atomic mass is 16.3. The fourth-order valence-corrected chi connectivity index (χ4v) is 3.25. The van der Waals surface area contributed by atoms with E-state index in [-0.39, 0.29) is 6.10 Å². The Kier molecular flexibility index (Phi) is 3.43. The Morgan fingerprint density at radius 1 is 1.26 bits per heavy atom. The van der Waals surface area contributed by atoms with Gasteiger partial charge in [-0.15, -0.1) is 0 Å². The van der Waals surface area contributed by atoms with Crippen LogP contribution in [-0.2, 0) is 6.42 Å². The molecule has 3 rings (SSSR count). The summed E-state index contributed by atoms with van der Waals surface area (Å²) in [7, 11) is 0. The molecule has 0 saturated heterocycles. The number of aliphatic hydroxyl groups is 1. The molecule has 2 nitrogen and oxygen atoms in total. The molecule has 0 aliphatic heterocycles. The van der Waals surface area contributed by atoms with Crippen molar-refractivity contribution >= 4 is 0 Å². The summed E-state index contributed by atoms with van der Waals surface area (Å²) in [5, 5.41) is 10.1. The number of hydrogen-bond donors (Lipinski definition) is 1. The predicted octanol–water partition coefficient (Wildman–Crippen LogP) is 3.86. The van der Waals surface area contributed by atoms with Crippen LogP contribution in [0, 0.1) is 0 Å². The Morgan fingerprint density at radius 3 is 2.79 bits per heavy atom. The molecule has 2 aromatic rings. The molecule has 1 aromatic carbocycles. The molecule has 2 atom stereocenters. The molecule has 0 amide bonds. The van der Waals surface area contributed by atoms with Crippen molar-refractivity contribution in [3.63, 3.8) is 0 Å². The largest absolute Gasteiger partial charge is 0.388 e. The maximum absolute atomic E-state index is 10.1. The molecule has 0 saturated carbocycles. The van der Waals surface area contributed by atoms with Crippen LogP contribution in [0.3, 0.4) is 0 Å². The molecule has 1 N–H and O–H groups in total. The van der Waals surface area contributed by atoms with Crippen LogP contribution in [0.4, 0.5) is 0 Å². The van der Waals surface area contributed by atoms with Gasteiger partial charge in [-0.25, -0.2) is 0 Å². The van der Waals surface area contributed by atoms with E-state index >= 15 is 0 Å². The number of nitrogens with zero attached hydrogens (tertiary/aromatic N) is 1. The zero-order valence-electron chi connectivity index (χ0n) is 11.4. The Morgan fingerprint density at radius 2 is 2.05 bits per heavy atom. The monoisotopic (exact) mass is 255 g/mol. The second-order valence-corrected chi connectivity index (χ2v) is 5.37. The average Bonchev–Trinajstić information content (AvgIpc) is 2.87. The van der Waals surface area contributed by atoms with Crippen LogP contribution in [0.15, 0.2) is 42.6 Å². The van der Waals surface area contributed by atoms with E-state index in [0.29, 0.717) is 6.04 Å². The lowest BCUT2D eigenvalue weighted by molar-refractivity contribution is 0.155. The van der Waals surface area contributed by atoms with Gasteiger partial charge < -0.3 is 9.67 Å². The molecule has 1 aliphatic rings. The summed E-state index contributed by atoms with van der Waals surface area (Å²) >= 11 is 0. The van der Waals surface area contributed by atoms with Crippen molar-refractivity contribution in [3.05, 3.63) is 59.4 Å². The molecule has 2 unspecified atom stereocenters. The first-order valence-electron chi connectivity index (χ1n) is 7.24. The number of aliphatic hydroxyl groups excluding tert-OH is 1. The van der Waals surface area contributed by atoms with Crippen LogP contribution in [0.1, 0.15) is 55.2 Å². The third kappa shape index (κ3) is 2.21. The second-order valence-electron chi connectivity index (χ2n) is 5.37. The maximum atomic E-state index is 10.1. The molecule has 2 heteroatoms. The highest BCUT2D eigenvalue weighted by molar-refractivity contribution is 5.30. The summed E-state index contributed by atoms with van der Waals surface area (Å²) in [5.41, 5.74) is 3.82. The van der Waals surface area contributed by atoms with Gasteiger partial charge in [-0.05, 0) is 37.3 Å². The summed E-state index contributed by atoms with van der Waals surface area (Å²) < 4.78 is 2.37. The van der Waals surface area contributed by atoms with Crippen molar-refractivity contribution in [2.24, 2.45) is 0 Å². The quantitative estimate of drug-likeness (QED) is 0.885. The lowest BCUT2D eigenvalue weighted by atomic mass is 9.94. The summed E-state index contributed by atoms with van der Waals surface area (Å²) in [5.74, 6) is 0. The van der Waals surface area contributed by atoms with E-state index in [1.807, 2.05) is 0 Å². The van der Waals surface area contributed by atoms with Gasteiger partial charge in [0.1, 0.15) is 0 Å². The van der Waals surface area contributed by atoms with E-state index in [1.54, 1.807) is 0 Å². The van der Waals surface area contributed by atoms with Crippen molar-refractivity contribution in [2.75, 3.05) is 0 Å². The van der Waals surface area contributed by atoms with Gasteiger partial charge in [0.05, 0.1) is 12.1 Å². The summed E-state index contributed by atoms with van der Waals surface area (Å²) in [6.07, 6.45) is 6.03. The summed E-state index contributed by atoms with van der Waals surface area (Å²) in [4.78, 5) is 0. The number of rotatable bonds is 3. The molecule has 1 aliphatic carbocycles. The van der Waals surface area contributed by atoms with Crippen molar-refractivity contribution in [1.29, 1.82) is 0 Å².